The summed E-state index contributed by atoms with van der Waals surface area (Å²) in [6, 6.07) is 16.1. The van der Waals surface area contributed by atoms with Gasteiger partial charge in [0, 0.05) is 28.7 Å². The van der Waals surface area contributed by atoms with Crippen molar-refractivity contribution in [2.24, 2.45) is 0 Å². The highest BCUT2D eigenvalue weighted by atomic mass is 35.5. The predicted octanol–water partition coefficient (Wildman–Crippen LogP) is 4.63. The first kappa shape index (κ1) is 21.6. The van der Waals surface area contributed by atoms with E-state index in [1.165, 1.54) is 9.08 Å². The van der Waals surface area contributed by atoms with E-state index in [1.54, 1.807) is 42.7 Å². The average molecular weight is 451 g/mol. The summed E-state index contributed by atoms with van der Waals surface area (Å²) in [6.45, 7) is 2.70. The molecule has 0 saturated carbocycles. The molecule has 0 radical (unpaired) electrons. The Kier molecular flexibility index (Phi) is 6.56. The molecule has 0 aliphatic carbocycles. The molecule has 164 valence electrons. The second-order valence-electron chi connectivity index (χ2n) is 7.37. The number of amides is 1. The third-order valence-electron chi connectivity index (χ3n) is 4.96. The molecular weight excluding hydrogens is 428 g/mol. The first-order chi connectivity index (χ1) is 15.5. The summed E-state index contributed by atoms with van der Waals surface area (Å²) in [5.41, 5.74) is 2.26. The van der Waals surface area contributed by atoms with Crippen LogP contribution >= 0.6 is 11.6 Å². The van der Waals surface area contributed by atoms with E-state index in [0.29, 0.717) is 28.5 Å². The van der Waals surface area contributed by atoms with Crippen LogP contribution in [0.5, 0.6) is 5.75 Å². The lowest BCUT2D eigenvalue weighted by Crippen LogP contribution is -2.28. The number of nitrogens with zero attached hydrogens (tertiary/aromatic N) is 3. The molecule has 0 fully saturated rings. The molecule has 2 heterocycles. The number of anilines is 1. The van der Waals surface area contributed by atoms with Crippen molar-refractivity contribution in [3.05, 3.63) is 82.4 Å². The third-order valence-corrected chi connectivity index (χ3v) is 5.21. The number of fused-ring (bicyclic) bond motifs is 1. The van der Waals surface area contributed by atoms with Crippen molar-refractivity contribution in [2.75, 3.05) is 11.9 Å². The topological polar surface area (TPSA) is 77.6 Å². The van der Waals surface area contributed by atoms with Crippen LogP contribution in [0.3, 0.4) is 0 Å². The third kappa shape index (κ3) is 5.00. The van der Waals surface area contributed by atoms with Crippen molar-refractivity contribution >= 4 is 28.7 Å². The van der Waals surface area contributed by atoms with Crippen LogP contribution < -0.4 is 15.6 Å². The van der Waals surface area contributed by atoms with E-state index in [4.69, 9.17) is 16.3 Å². The van der Waals surface area contributed by atoms with Gasteiger partial charge in [0.25, 0.3) is 5.56 Å². The van der Waals surface area contributed by atoms with Gasteiger partial charge in [0.1, 0.15) is 17.8 Å². The number of ether oxygens (including phenoxy) is 1. The average Bonchev–Trinajstić information content (AvgIpc) is 3.23. The van der Waals surface area contributed by atoms with Crippen molar-refractivity contribution in [1.29, 1.82) is 0 Å². The van der Waals surface area contributed by atoms with Gasteiger partial charge in [-0.2, -0.15) is 5.10 Å². The van der Waals surface area contributed by atoms with Gasteiger partial charge in [-0.15, -0.1) is 0 Å². The Bertz CT molecular complexity index is 1280. The monoisotopic (exact) mass is 450 g/mol. The molecule has 0 spiro atoms. The maximum atomic E-state index is 12.9. The fourth-order valence-corrected chi connectivity index (χ4v) is 3.36. The van der Waals surface area contributed by atoms with Crippen molar-refractivity contribution in [1.82, 2.24) is 14.2 Å². The van der Waals surface area contributed by atoms with Gasteiger partial charge in [0.2, 0.25) is 5.91 Å². The minimum atomic E-state index is -0.308. The Labute approximate surface area is 190 Å². The van der Waals surface area contributed by atoms with Gasteiger partial charge in [-0.05, 0) is 61.0 Å². The number of hydrogen-bond acceptors (Lipinski definition) is 4. The smallest absolute Gasteiger partial charge is 0.277 e. The lowest BCUT2D eigenvalue weighted by Gasteiger charge is -2.07. The van der Waals surface area contributed by atoms with E-state index in [-0.39, 0.29) is 18.0 Å². The number of halogens is 1. The van der Waals surface area contributed by atoms with Gasteiger partial charge < -0.3 is 14.6 Å². The number of nitrogens with one attached hydrogen (secondary N) is 1. The van der Waals surface area contributed by atoms with Gasteiger partial charge in [-0.1, -0.05) is 24.9 Å². The summed E-state index contributed by atoms with van der Waals surface area (Å²) in [7, 11) is 0. The van der Waals surface area contributed by atoms with Crippen LogP contribution in [0.25, 0.3) is 16.8 Å². The Hall–Kier alpha value is -3.58. The van der Waals surface area contributed by atoms with Crippen LogP contribution in [0.4, 0.5) is 5.69 Å². The van der Waals surface area contributed by atoms with Crippen LogP contribution in [-0.4, -0.2) is 26.7 Å². The standard InChI is InChI=1S/C24H23ClN4O3/c1-2-3-14-32-20-10-4-17(5-11-20)21-15-22-24(31)28(12-13-29(22)27-21)16-23(30)26-19-8-6-18(25)7-9-19/h4-13,15H,2-3,14,16H2,1H3,(H,26,30). The normalized spacial score (nSPS) is 10.9. The summed E-state index contributed by atoms with van der Waals surface area (Å²) in [6.07, 6.45) is 5.31. The fourth-order valence-electron chi connectivity index (χ4n) is 3.24. The van der Waals surface area contributed by atoms with Crippen molar-refractivity contribution in [3.63, 3.8) is 0 Å². The number of aromatic nitrogens is 3. The highest BCUT2D eigenvalue weighted by molar-refractivity contribution is 6.30. The van der Waals surface area contributed by atoms with Gasteiger partial charge in [-0.3, -0.25) is 9.59 Å². The maximum Gasteiger partial charge on any atom is 0.277 e. The summed E-state index contributed by atoms with van der Waals surface area (Å²) in [5.74, 6) is 0.497. The highest BCUT2D eigenvalue weighted by Crippen LogP contribution is 2.22. The Morgan fingerprint density at radius 2 is 1.84 bits per heavy atom. The molecule has 4 rings (SSSR count). The molecule has 2 aromatic carbocycles. The Balaban J connectivity index is 1.50. The van der Waals surface area contributed by atoms with Crippen LogP contribution in [0, 0.1) is 0 Å². The zero-order valence-electron chi connectivity index (χ0n) is 17.6. The molecule has 2 aromatic heterocycles. The van der Waals surface area contributed by atoms with E-state index in [0.717, 1.165) is 24.2 Å². The molecule has 0 aliphatic rings. The number of rotatable bonds is 8. The number of hydrogen-bond donors (Lipinski definition) is 1. The molecule has 4 aromatic rings. The molecule has 1 N–H and O–H groups in total. The van der Waals surface area contributed by atoms with E-state index in [1.807, 2.05) is 24.3 Å². The number of carbonyl (C=O) groups is 1. The van der Waals surface area contributed by atoms with Crippen LogP contribution in [0.2, 0.25) is 5.02 Å². The number of unbranched alkanes of at least 4 members (excludes halogenated alkanes) is 1. The minimum Gasteiger partial charge on any atom is -0.494 e. The molecule has 8 heteroatoms. The van der Waals surface area contributed by atoms with Crippen LogP contribution in [-0.2, 0) is 11.3 Å². The van der Waals surface area contributed by atoms with Crippen LogP contribution in [0.1, 0.15) is 19.8 Å². The van der Waals surface area contributed by atoms with Crippen molar-refractivity contribution < 1.29 is 9.53 Å². The summed E-state index contributed by atoms with van der Waals surface area (Å²) in [5, 5.41) is 7.83. The van der Waals surface area contributed by atoms with Gasteiger partial charge in [0.15, 0.2) is 0 Å². The summed E-state index contributed by atoms with van der Waals surface area (Å²) >= 11 is 5.86. The Morgan fingerprint density at radius 3 is 2.56 bits per heavy atom. The molecular formula is C24H23ClN4O3. The van der Waals surface area contributed by atoms with E-state index in [2.05, 4.69) is 17.3 Å². The second kappa shape index (κ2) is 9.70. The van der Waals surface area contributed by atoms with E-state index in [9.17, 15) is 9.59 Å². The SMILES string of the molecule is CCCCOc1ccc(-c2cc3c(=O)n(CC(=O)Nc4ccc(Cl)cc4)ccn3n2)cc1. The largest absolute Gasteiger partial charge is 0.494 e. The number of benzene rings is 2. The summed E-state index contributed by atoms with van der Waals surface area (Å²) < 4.78 is 8.58. The molecule has 7 nitrogen and oxygen atoms in total. The molecule has 0 bridgehead atoms. The zero-order chi connectivity index (χ0) is 22.5. The van der Waals surface area contributed by atoms with Crippen molar-refractivity contribution in [3.8, 4) is 17.0 Å². The Morgan fingerprint density at radius 1 is 1.09 bits per heavy atom. The summed E-state index contributed by atoms with van der Waals surface area (Å²) in [4.78, 5) is 25.3. The van der Waals surface area contributed by atoms with Crippen LogP contribution in [0.15, 0.2) is 71.8 Å². The maximum absolute atomic E-state index is 12.9. The first-order valence-electron chi connectivity index (χ1n) is 10.4. The highest BCUT2D eigenvalue weighted by Gasteiger charge is 2.12. The minimum absolute atomic E-state index is 0.109. The first-order valence-corrected chi connectivity index (χ1v) is 10.8. The lowest BCUT2D eigenvalue weighted by molar-refractivity contribution is -0.116. The lowest BCUT2D eigenvalue weighted by atomic mass is 10.1. The molecule has 32 heavy (non-hydrogen) atoms. The molecule has 1 amide bonds. The van der Waals surface area contributed by atoms with Gasteiger partial charge in [0.05, 0.1) is 12.3 Å². The molecule has 0 aliphatic heterocycles. The van der Waals surface area contributed by atoms with Crippen molar-refractivity contribution in [2.45, 2.75) is 26.3 Å². The second-order valence-corrected chi connectivity index (χ2v) is 7.81. The van der Waals surface area contributed by atoms with E-state index < -0.39 is 0 Å². The van der Waals surface area contributed by atoms with Gasteiger partial charge >= 0.3 is 0 Å². The predicted molar refractivity (Wildman–Crippen MR) is 125 cm³/mol. The van der Waals surface area contributed by atoms with Gasteiger partial charge in [-0.25, -0.2) is 4.52 Å². The fraction of sp³-hybridized carbons (Fsp3) is 0.208. The molecule has 0 unspecified atom stereocenters. The quantitative estimate of drug-likeness (QED) is 0.397. The number of carbonyl (C=O) groups excluding carboxylic acids is 1. The van der Waals surface area contributed by atoms with E-state index >= 15 is 0 Å². The molecule has 0 saturated heterocycles. The zero-order valence-corrected chi connectivity index (χ0v) is 18.4. The molecule has 0 atom stereocenters.